The number of hydrogen-bond donors (Lipinski definition) is 0. The Hall–Kier alpha value is -2.58. The van der Waals surface area contributed by atoms with E-state index in [4.69, 9.17) is 9.68 Å². The van der Waals surface area contributed by atoms with Gasteiger partial charge in [0.05, 0.1) is 18.1 Å². The molecule has 0 unspecified atom stereocenters. The normalized spacial score (nSPS) is 10.4. The van der Waals surface area contributed by atoms with Crippen LogP contribution >= 0.6 is 11.8 Å². The maximum Gasteiger partial charge on any atom is 0.276 e. The van der Waals surface area contributed by atoms with Crippen molar-refractivity contribution in [2.24, 2.45) is 0 Å². The Morgan fingerprint density at radius 1 is 1.09 bits per heavy atom. The quantitative estimate of drug-likeness (QED) is 0.661. The van der Waals surface area contributed by atoms with Gasteiger partial charge in [0.25, 0.3) is 5.22 Å². The van der Waals surface area contributed by atoms with Crippen LogP contribution in [0.3, 0.4) is 0 Å². The standard InChI is InChI=1S/C18H15N3OS/c1-13-6-8-14(9-7-13)10-17-20-21-18(22-17)23-12-16-5-3-2-4-15(16)11-19/h2-9H,10,12H2,1H3. The highest BCUT2D eigenvalue weighted by Crippen LogP contribution is 2.23. The molecule has 23 heavy (non-hydrogen) atoms. The van der Waals surface area contributed by atoms with Crippen molar-refractivity contribution in [1.82, 2.24) is 10.2 Å². The second kappa shape index (κ2) is 7.12. The van der Waals surface area contributed by atoms with E-state index in [-0.39, 0.29) is 0 Å². The van der Waals surface area contributed by atoms with Gasteiger partial charge in [0.15, 0.2) is 0 Å². The maximum absolute atomic E-state index is 9.09. The molecule has 1 heterocycles. The van der Waals surface area contributed by atoms with Crippen LogP contribution in [0.4, 0.5) is 0 Å². The van der Waals surface area contributed by atoms with Crippen LogP contribution in [0.25, 0.3) is 0 Å². The molecule has 3 aromatic rings. The van der Waals surface area contributed by atoms with Crippen LogP contribution in [0.5, 0.6) is 0 Å². The predicted octanol–water partition coefficient (Wildman–Crippen LogP) is 4.13. The summed E-state index contributed by atoms with van der Waals surface area (Å²) in [6.45, 7) is 2.06. The van der Waals surface area contributed by atoms with Gasteiger partial charge in [-0.1, -0.05) is 59.8 Å². The molecule has 0 aliphatic heterocycles. The van der Waals surface area contributed by atoms with Crippen molar-refractivity contribution in [2.45, 2.75) is 24.3 Å². The Labute approximate surface area is 139 Å². The summed E-state index contributed by atoms with van der Waals surface area (Å²) in [5.41, 5.74) is 4.02. The smallest absolute Gasteiger partial charge is 0.276 e. The predicted molar refractivity (Wildman–Crippen MR) is 89.0 cm³/mol. The molecule has 0 radical (unpaired) electrons. The summed E-state index contributed by atoms with van der Waals surface area (Å²) in [7, 11) is 0. The van der Waals surface area contributed by atoms with Crippen molar-refractivity contribution in [3.8, 4) is 6.07 Å². The molecule has 0 aliphatic carbocycles. The van der Waals surface area contributed by atoms with Crippen LogP contribution in [0.1, 0.15) is 28.1 Å². The van der Waals surface area contributed by atoms with Crippen LogP contribution < -0.4 is 0 Å². The summed E-state index contributed by atoms with van der Waals surface area (Å²) >= 11 is 1.45. The van der Waals surface area contributed by atoms with Gasteiger partial charge in [0, 0.05) is 5.75 Å². The summed E-state index contributed by atoms with van der Waals surface area (Å²) in [6, 6.07) is 18.0. The zero-order valence-electron chi connectivity index (χ0n) is 12.7. The number of aromatic nitrogens is 2. The molecule has 0 saturated heterocycles. The van der Waals surface area contributed by atoms with Gasteiger partial charge in [0.2, 0.25) is 5.89 Å². The molecule has 3 rings (SSSR count). The molecular weight excluding hydrogens is 306 g/mol. The fraction of sp³-hybridized carbons (Fsp3) is 0.167. The summed E-state index contributed by atoms with van der Waals surface area (Å²) in [4.78, 5) is 0. The lowest BCUT2D eigenvalue weighted by Gasteiger charge is -2.00. The Morgan fingerprint density at radius 2 is 1.87 bits per heavy atom. The number of benzene rings is 2. The number of nitriles is 1. The van der Waals surface area contributed by atoms with E-state index in [0.717, 1.165) is 11.1 Å². The van der Waals surface area contributed by atoms with Crippen molar-refractivity contribution < 1.29 is 4.42 Å². The van der Waals surface area contributed by atoms with E-state index in [1.165, 1.54) is 17.3 Å². The van der Waals surface area contributed by atoms with Gasteiger partial charge in [-0.2, -0.15) is 5.26 Å². The Balaban J connectivity index is 1.63. The van der Waals surface area contributed by atoms with Crippen molar-refractivity contribution in [3.05, 3.63) is 76.7 Å². The van der Waals surface area contributed by atoms with E-state index in [1.807, 2.05) is 24.3 Å². The molecule has 0 aliphatic rings. The summed E-state index contributed by atoms with van der Waals surface area (Å²) in [6.07, 6.45) is 0.628. The van der Waals surface area contributed by atoms with Gasteiger partial charge in [-0.15, -0.1) is 10.2 Å². The van der Waals surface area contributed by atoms with Crippen molar-refractivity contribution in [1.29, 1.82) is 5.26 Å². The van der Waals surface area contributed by atoms with Gasteiger partial charge < -0.3 is 4.42 Å². The molecular formula is C18H15N3OS. The molecule has 1 aromatic heterocycles. The van der Waals surface area contributed by atoms with Crippen LogP contribution in [0, 0.1) is 18.3 Å². The second-order valence-electron chi connectivity index (χ2n) is 5.18. The third kappa shape index (κ3) is 3.99. The van der Waals surface area contributed by atoms with Gasteiger partial charge in [-0.25, -0.2) is 0 Å². The van der Waals surface area contributed by atoms with E-state index in [9.17, 15) is 0 Å². The summed E-state index contributed by atoms with van der Waals surface area (Å²) < 4.78 is 5.67. The Kier molecular flexibility index (Phi) is 4.74. The third-order valence-corrected chi connectivity index (χ3v) is 4.28. The van der Waals surface area contributed by atoms with Gasteiger partial charge >= 0.3 is 0 Å². The average Bonchev–Trinajstić information content (AvgIpc) is 3.03. The molecule has 0 atom stereocenters. The zero-order chi connectivity index (χ0) is 16.1. The lowest BCUT2D eigenvalue weighted by atomic mass is 10.1. The Morgan fingerprint density at radius 3 is 2.65 bits per heavy atom. The van der Waals surface area contributed by atoms with E-state index in [1.54, 1.807) is 0 Å². The minimum atomic E-state index is 0.528. The average molecular weight is 321 g/mol. The largest absolute Gasteiger partial charge is 0.416 e. The van der Waals surface area contributed by atoms with Gasteiger partial charge in [0.1, 0.15) is 0 Å². The number of thioether (sulfide) groups is 1. The summed E-state index contributed by atoms with van der Waals surface area (Å²) in [5.74, 6) is 1.24. The highest BCUT2D eigenvalue weighted by Gasteiger charge is 2.09. The van der Waals surface area contributed by atoms with Crippen LogP contribution in [0.2, 0.25) is 0 Å². The van der Waals surface area contributed by atoms with Gasteiger partial charge in [-0.3, -0.25) is 0 Å². The first-order valence-corrected chi connectivity index (χ1v) is 8.22. The highest BCUT2D eigenvalue weighted by molar-refractivity contribution is 7.98. The van der Waals surface area contributed by atoms with Gasteiger partial charge in [-0.05, 0) is 24.1 Å². The van der Waals surface area contributed by atoms with E-state index < -0.39 is 0 Å². The number of hydrogen-bond acceptors (Lipinski definition) is 5. The van der Waals surface area contributed by atoms with Crippen molar-refractivity contribution in [2.75, 3.05) is 0 Å². The summed E-state index contributed by atoms with van der Waals surface area (Å²) in [5, 5.41) is 17.8. The molecule has 0 bridgehead atoms. The van der Waals surface area contributed by atoms with E-state index >= 15 is 0 Å². The minimum Gasteiger partial charge on any atom is -0.416 e. The molecule has 0 N–H and O–H groups in total. The molecule has 114 valence electrons. The van der Waals surface area contributed by atoms with Crippen LogP contribution in [0.15, 0.2) is 58.2 Å². The lowest BCUT2D eigenvalue weighted by Crippen LogP contribution is -1.88. The van der Waals surface area contributed by atoms with E-state index in [0.29, 0.717) is 28.9 Å². The molecule has 0 spiro atoms. The minimum absolute atomic E-state index is 0.528. The number of rotatable bonds is 5. The maximum atomic E-state index is 9.09. The first-order chi connectivity index (χ1) is 11.2. The molecule has 0 amide bonds. The zero-order valence-corrected chi connectivity index (χ0v) is 13.5. The monoisotopic (exact) mass is 321 g/mol. The lowest BCUT2D eigenvalue weighted by molar-refractivity contribution is 0.420. The topological polar surface area (TPSA) is 62.7 Å². The number of nitrogens with zero attached hydrogens (tertiary/aromatic N) is 3. The second-order valence-corrected chi connectivity index (χ2v) is 6.11. The van der Waals surface area contributed by atoms with Crippen LogP contribution in [-0.4, -0.2) is 10.2 Å². The molecule has 0 fully saturated rings. The van der Waals surface area contributed by atoms with Crippen LogP contribution in [-0.2, 0) is 12.2 Å². The first kappa shape index (κ1) is 15.3. The molecule has 4 nitrogen and oxygen atoms in total. The first-order valence-electron chi connectivity index (χ1n) is 7.23. The van der Waals surface area contributed by atoms with E-state index in [2.05, 4.69) is 47.5 Å². The fourth-order valence-corrected chi connectivity index (χ4v) is 2.93. The highest BCUT2D eigenvalue weighted by atomic mass is 32.2. The number of aryl methyl sites for hydroxylation is 1. The van der Waals surface area contributed by atoms with Crippen molar-refractivity contribution >= 4 is 11.8 Å². The SMILES string of the molecule is Cc1ccc(Cc2nnc(SCc3ccccc3C#N)o2)cc1. The molecule has 2 aromatic carbocycles. The Bertz CT molecular complexity index is 834. The third-order valence-electron chi connectivity index (χ3n) is 3.41. The molecule has 0 saturated carbocycles. The van der Waals surface area contributed by atoms with Crippen molar-refractivity contribution in [3.63, 3.8) is 0 Å². The fourth-order valence-electron chi connectivity index (χ4n) is 2.14. The molecule has 5 heteroatoms.